The van der Waals surface area contributed by atoms with E-state index < -0.39 is 0 Å². The number of hydrogen-bond acceptors (Lipinski definition) is 3. The van der Waals surface area contributed by atoms with E-state index >= 15 is 0 Å². The number of nitrogens with zero attached hydrogens (tertiary/aromatic N) is 2. The summed E-state index contributed by atoms with van der Waals surface area (Å²) in [5.74, 6) is 0. The molecule has 126 valence electrons. The largest absolute Gasteiger partial charge is 0.317 e. The third kappa shape index (κ3) is 3.97. The van der Waals surface area contributed by atoms with Crippen molar-refractivity contribution in [1.29, 1.82) is 0 Å². The molecular formula is C18H25Cl2N3. The van der Waals surface area contributed by atoms with Crippen molar-refractivity contribution >= 4 is 35.7 Å². The predicted octanol–water partition coefficient (Wildman–Crippen LogP) is 3.65. The molecule has 0 aliphatic carbocycles. The molecule has 2 aromatic rings. The van der Waals surface area contributed by atoms with Gasteiger partial charge in [-0.3, -0.25) is 9.88 Å². The fraction of sp³-hybridized carbons (Fsp3) is 0.500. The molecule has 0 radical (unpaired) electrons. The standard InChI is InChI=1S/C18H23N3.2ClH/c1-2-16-12-15(3-4-17(16)20-8-1)13-21-11-7-18(14-21)5-9-19-10-6-18;;/h1-4,8,12,19H,5-7,9-11,13-14H2;2*1H. The maximum Gasteiger partial charge on any atom is 0.0702 e. The Bertz CT molecular complexity index is 641. The van der Waals surface area contributed by atoms with E-state index in [1.54, 1.807) is 0 Å². The Kier molecular flexibility index (Phi) is 6.26. The van der Waals surface area contributed by atoms with E-state index in [9.17, 15) is 0 Å². The van der Waals surface area contributed by atoms with E-state index in [1.165, 1.54) is 56.4 Å². The maximum atomic E-state index is 4.40. The van der Waals surface area contributed by atoms with Gasteiger partial charge in [0.15, 0.2) is 0 Å². The summed E-state index contributed by atoms with van der Waals surface area (Å²) in [6, 6.07) is 10.9. The first-order chi connectivity index (χ1) is 10.3. The van der Waals surface area contributed by atoms with Gasteiger partial charge < -0.3 is 5.32 Å². The van der Waals surface area contributed by atoms with Crippen LogP contribution in [-0.2, 0) is 6.54 Å². The van der Waals surface area contributed by atoms with Gasteiger partial charge in [0.05, 0.1) is 5.52 Å². The number of halogens is 2. The number of aromatic nitrogens is 1. The van der Waals surface area contributed by atoms with Gasteiger partial charge in [0.25, 0.3) is 0 Å². The SMILES string of the molecule is Cl.Cl.c1cnc2ccc(CN3CCC4(CCNCC4)C3)cc2c1. The van der Waals surface area contributed by atoms with Crippen molar-refractivity contribution in [1.82, 2.24) is 15.2 Å². The Labute approximate surface area is 150 Å². The van der Waals surface area contributed by atoms with Crippen molar-refractivity contribution in [2.24, 2.45) is 5.41 Å². The molecule has 2 saturated heterocycles. The van der Waals surface area contributed by atoms with Gasteiger partial charge in [0.2, 0.25) is 0 Å². The summed E-state index contributed by atoms with van der Waals surface area (Å²) < 4.78 is 0. The van der Waals surface area contributed by atoms with Crippen molar-refractivity contribution in [3.05, 3.63) is 42.1 Å². The van der Waals surface area contributed by atoms with Crippen LogP contribution in [0.15, 0.2) is 36.5 Å². The Hall–Kier alpha value is -0.870. The number of piperidine rings is 1. The van der Waals surface area contributed by atoms with Gasteiger partial charge in [-0.15, -0.1) is 24.8 Å². The quantitative estimate of drug-likeness (QED) is 0.892. The molecule has 2 fully saturated rings. The number of benzene rings is 1. The Morgan fingerprint density at radius 2 is 1.91 bits per heavy atom. The highest BCUT2D eigenvalue weighted by molar-refractivity contribution is 5.85. The topological polar surface area (TPSA) is 28.2 Å². The van der Waals surface area contributed by atoms with Crippen LogP contribution in [0.2, 0.25) is 0 Å². The zero-order valence-electron chi connectivity index (χ0n) is 13.3. The van der Waals surface area contributed by atoms with E-state index in [2.05, 4.69) is 39.5 Å². The molecular weight excluding hydrogens is 329 g/mol. The molecule has 5 heteroatoms. The molecule has 23 heavy (non-hydrogen) atoms. The molecule has 1 N–H and O–H groups in total. The second kappa shape index (κ2) is 7.80. The number of likely N-dealkylation sites (tertiary alicyclic amines) is 1. The molecule has 3 nitrogen and oxygen atoms in total. The lowest BCUT2D eigenvalue weighted by atomic mass is 9.78. The van der Waals surface area contributed by atoms with Gasteiger partial charge in [-0.25, -0.2) is 0 Å². The lowest BCUT2D eigenvalue weighted by Crippen LogP contribution is -2.38. The zero-order valence-corrected chi connectivity index (χ0v) is 15.0. The van der Waals surface area contributed by atoms with Gasteiger partial charge in [-0.2, -0.15) is 0 Å². The van der Waals surface area contributed by atoms with E-state index in [1.807, 2.05) is 12.3 Å². The summed E-state index contributed by atoms with van der Waals surface area (Å²) in [6.07, 6.45) is 5.95. The molecule has 1 aromatic heterocycles. The first-order valence-corrected chi connectivity index (χ1v) is 8.10. The van der Waals surface area contributed by atoms with Crippen LogP contribution >= 0.6 is 24.8 Å². The smallest absolute Gasteiger partial charge is 0.0702 e. The fourth-order valence-corrected chi connectivity index (χ4v) is 4.01. The summed E-state index contributed by atoms with van der Waals surface area (Å²) in [6.45, 7) is 6.02. The molecule has 1 spiro atoms. The number of rotatable bonds is 2. The minimum Gasteiger partial charge on any atom is -0.317 e. The Balaban J connectivity index is 0.000000960. The number of hydrogen-bond donors (Lipinski definition) is 1. The molecule has 0 saturated carbocycles. The van der Waals surface area contributed by atoms with Gasteiger partial charge in [-0.1, -0.05) is 12.1 Å². The normalized spacial score (nSPS) is 20.2. The molecule has 0 amide bonds. The zero-order chi connectivity index (χ0) is 14.1. The average Bonchev–Trinajstić information content (AvgIpc) is 2.90. The summed E-state index contributed by atoms with van der Waals surface area (Å²) in [5, 5.41) is 4.75. The molecule has 4 rings (SSSR count). The van der Waals surface area contributed by atoms with Gasteiger partial charge in [-0.05, 0) is 68.1 Å². The highest BCUT2D eigenvalue weighted by atomic mass is 35.5. The van der Waals surface area contributed by atoms with Crippen LogP contribution in [-0.4, -0.2) is 36.1 Å². The Morgan fingerprint density at radius 3 is 2.74 bits per heavy atom. The van der Waals surface area contributed by atoms with Crippen molar-refractivity contribution < 1.29 is 0 Å². The minimum atomic E-state index is 0. The molecule has 3 heterocycles. The van der Waals surface area contributed by atoms with E-state index in [4.69, 9.17) is 0 Å². The third-order valence-electron chi connectivity index (χ3n) is 5.26. The molecule has 0 atom stereocenters. The second-order valence-corrected chi connectivity index (χ2v) is 6.74. The monoisotopic (exact) mass is 353 g/mol. The third-order valence-corrected chi connectivity index (χ3v) is 5.26. The van der Waals surface area contributed by atoms with Crippen molar-refractivity contribution in [3.8, 4) is 0 Å². The summed E-state index contributed by atoms with van der Waals surface area (Å²) in [5.41, 5.74) is 3.11. The van der Waals surface area contributed by atoms with Crippen molar-refractivity contribution in [2.45, 2.75) is 25.8 Å². The summed E-state index contributed by atoms with van der Waals surface area (Å²) in [4.78, 5) is 7.04. The van der Waals surface area contributed by atoms with Crippen LogP contribution in [0.1, 0.15) is 24.8 Å². The second-order valence-electron chi connectivity index (χ2n) is 6.74. The number of fused-ring (bicyclic) bond motifs is 1. The van der Waals surface area contributed by atoms with Crippen LogP contribution in [0.4, 0.5) is 0 Å². The van der Waals surface area contributed by atoms with Crippen LogP contribution < -0.4 is 5.32 Å². The molecule has 2 aliphatic rings. The number of nitrogens with one attached hydrogen (secondary N) is 1. The summed E-state index contributed by atoms with van der Waals surface area (Å²) >= 11 is 0. The van der Waals surface area contributed by atoms with Crippen LogP contribution in [0.3, 0.4) is 0 Å². The van der Waals surface area contributed by atoms with E-state index in [0.29, 0.717) is 5.41 Å². The first kappa shape index (κ1) is 18.5. The Morgan fingerprint density at radius 1 is 1.09 bits per heavy atom. The van der Waals surface area contributed by atoms with Gasteiger partial charge in [0.1, 0.15) is 0 Å². The molecule has 0 bridgehead atoms. The van der Waals surface area contributed by atoms with Crippen LogP contribution in [0.25, 0.3) is 10.9 Å². The number of pyridine rings is 1. The van der Waals surface area contributed by atoms with Crippen molar-refractivity contribution in [3.63, 3.8) is 0 Å². The lowest BCUT2D eigenvalue weighted by Gasteiger charge is -2.34. The molecule has 0 unspecified atom stereocenters. The lowest BCUT2D eigenvalue weighted by molar-refractivity contribution is 0.194. The van der Waals surface area contributed by atoms with E-state index in [0.717, 1.165) is 12.1 Å². The van der Waals surface area contributed by atoms with Crippen molar-refractivity contribution in [2.75, 3.05) is 26.2 Å². The molecule has 1 aromatic carbocycles. The summed E-state index contributed by atoms with van der Waals surface area (Å²) in [7, 11) is 0. The fourth-order valence-electron chi connectivity index (χ4n) is 4.01. The first-order valence-electron chi connectivity index (χ1n) is 8.10. The van der Waals surface area contributed by atoms with Gasteiger partial charge in [0, 0.05) is 24.7 Å². The highest BCUT2D eigenvalue weighted by Gasteiger charge is 2.38. The van der Waals surface area contributed by atoms with Crippen LogP contribution in [0, 0.1) is 5.41 Å². The van der Waals surface area contributed by atoms with E-state index in [-0.39, 0.29) is 24.8 Å². The van der Waals surface area contributed by atoms with Gasteiger partial charge >= 0.3 is 0 Å². The predicted molar refractivity (Wildman–Crippen MR) is 101 cm³/mol. The average molecular weight is 354 g/mol. The maximum absolute atomic E-state index is 4.40. The van der Waals surface area contributed by atoms with Crippen LogP contribution in [0.5, 0.6) is 0 Å². The minimum absolute atomic E-state index is 0. The molecule has 2 aliphatic heterocycles. The highest BCUT2D eigenvalue weighted by Crippen LogP contribution is 2.39.